The van der Waals surface area contributed by atoms with Gasteiger partial charge in [0.2, 0.25) is 0 Å². The molecule has 2 unspecified atom stereocenters. The van der Waals surface area contributed by atoms with E-state index < -0.39 is 0 Å². The summed E-state index contributed by atoms with van der Waals surface area (Å²) in [5.41, 5.74) is 0.265. The summed E-state index contributed by atoms with van der Waals surface area (Å²) in [4.78, 5) is 18.3. The molecule has 1 spiro atoms. The number of aliphatic hydroxyl groups excluding tert-OH is 1. The number of ether oxygens (including phenoxy) is 1. The van der Waals surface area contributed by atoms with Gasteiger partial charge in [0.25, 0.3) is 5.91 Å². The number of hydrogen-bond donors (Lipinski definition) is 1. The second kappa shape index (κ2) is 6.14. The maximum absolute atomic E-state index is 12.5. The third-order valence-corrected chi connectivity index (χ3v) is 5.38. The molecule has 0 aromatic carbocycles. The summed E-state index contributed by atoms with van der Waals surface area (Å²) in [5.74, 6) is -0.0882. The lowest BCUT2D eigenvalue weighted by molar-refractivity contribution is -0.207. The van der Waals surface area contributed by atoms with Gasteiger partial charge in [-0.05, 0) is 31.9 Å². The van der Waals surface area contributed by atoms with Crippen LogP contribution in [0, 0.1) is 5.41 Å². The zero-order valence-electron chi connectivity index (χ0n) is 12.7. The first-order valence-corrected chi connectivity index (χ1v) is 8.15. The van der Waals surface area contributed by atoms with Crippen molar-refractivity contribution in [1.29, 1.82) is 0 Å². The molecule has 1 aromatic heterocycles. The van der Waals surface area contributed by atoms with Crippen LogP contribution in [0.3, 0.4) is 0 Å². The van der Waals surface area contributed by atoms with Crippen molar-refractivity contribution in [3.05, 3.63) is 29.0 Å². The Morgan fingerprint density at radius 2 is 2.27 bits per heavy atom. The maximum Gasteiger partial charge on any atom is 0.256 e. The minimum atomic E-state index is -0.316. The number of amides is 1. The number of hydrogen-bond acceptors (Lipinski definition) is 4. The molecule has 3 rings (SSSR count). The van der Waals surface area contributed by atoms with E-state index in [2.05, 4.69) is 4.98 Å². The van der Waals surface area contributed by atoms with Gasteiger partial charge in [-0.25, -0.2) is 4.98 Å². The molecule has 1 N–H and O–H groups in total. The van der Waals surface area contributed by atoms with Gasteiger partial charge in [-0.2, -0.15) is 0 Å². The molecule has 1 aliphatic carbocycles. The third kappa shape index (κ3) is 2.51. The van der Waals surface area contributed by atoms with Crippen LogP contribution >= 0.6 is 11.6 Å². The van der Waals surface area contributed by atoms with Crippen LogP contribution in [0.4, 0.5) is 0 Å². The summed E-state index contributed by atoms with van der Waals surface area (Å²) in [6.07, 6.45) is 3.61. The minimum absolute atomic E-state index is 0.0882. The fourth-order valence-electron chi connectivity index (χ4n) is 3.66. The molecule has 1 aliphatic heterocycles. The van der Waals surface area contributed by atoms with Crippen molar-refractivity contribution in [2.24, 2.45) is 5.41 Å². The van der Waals surface area contributed by atoms with E-state index in [0.717, 1.165) is 12.8 Å². The van der Waals surface area contributed by atoms with Crippen LogP contribution in [-0.4, -0.2) is 52.8 Å². The summed E-state index contributed by atoms with van der Waals surface area (Å²) >= 11 is 6.00. The van der Waals surface area contributed by atoms with E-state index in [-0.39, 0.29) is 28.7 Å². The number of aliphatic hydroxyl groups is 1. The van der Waals surface area contributed by atoms with Gasteiger partial charge in [-0.15, -0.1) is 0 Å². The first kappa shape index (κ1) is 15.7. The summed E-state index contributed by atoms with van der Waals surface area (Å²) in [6.45, 7) is 3.86. The zero-order valence-corrected chi connectivity index (χ0v) is 13.4. The van der Waals surface area contributed by atoms with Crippen LogP contribution in [0.2, 0.25) is 5.15 Å². The van der Waals surface area contributed by atoms with Crippen LogP contribution in [0.1, 0.15) is 36.5 Å². The van der Waals surface area contributed by atoms with Crippen LogP contribution in [-0.2, 0) is 4.74 Å². The lowest BCUT2D eigenvalue weighted by Gasteiger charge is -2.56. The number of carbonyl (C=O) groups excluding carboxylic acids is 1. The van der Waals surface area contributed by atoms with Crippen molar-refractivity contribution < 1.29 is 14.6 Å². The van der Waals surface area contributed by atoms with Gasteiger partial charge in [-0.3, -0.25) is 4.79 Å². The quantitative estimate of drug-likeness (QED) is 0.865. The summed E-state index contributed by atoms with van der Waals surface area (Å²) in [7, 11) is 0. The first-order valence-electron chi connectivity index (χ1n) is 7.78. The lowest BCUT2D eigenvalue weighted by atomic mass is 9.58. The standard InChI is InChI=1S/C16H21ClN2O3/c1-2-22-13-10-12(20)16(13)5-8-19(9-6-16)15(21)11-4-3-7-18-14(11)17/h3-4,7,12-13,20H,2,5-6,8-10H2,1H3. The topological polar surface area (TPSA) is 62.7 Å². The minimum Gasteiger partial charge on any atom is -0.392 e. The molecule has 2 heterocycles. The van der Waals surface area contributed by atoms with Gasteiger partial charge >= 0.3 is 0 Å². The molecule has 2 aliphatic rings. The molecule has 2 fully saturated rings. The van der Waals surface area contributed by atoms with E-state index >= 15 is 0 Å². The van der Waals surface area contributed by atoms with E-state index in [1.54, 1.807) is 23.2 Å². The Labute approximate surface area is 135 Å². The number of nitrogens with zero attached hydrogens (tertiary/aromatic N) is 2. The molecule has 1 aromatic rings. The Bertz CT molecular complexity index is 556. The van der Waals surface area contributed by atoms with Crippen molar-refractivity contribution in [2.45, 2.75) is 38.4 Å². The van der Waals surface area contributed by atoms with Crippen LogP contribution in [0.5, 0.6) is 0 Å². The van der Waals surface area contributed by atoms with Gasteiger partial charge in [0.05, 0.1) is 17.8 Å². The van der Waals surface area contributed by atoms with Gasteiger partial charge in [0.1, 0.15) is 5.15 Å². The van der Waals surface area contributed by atoms with Crippen molar-refractivity contribution in [3.8, 4) is 0 Å². The Balaban J connectivity index is 1.67. The second-order valence-electron chi connectivity index (χ2n) is 6.06. The SMILES string of the molecule is CCOC1CC(O)C12CCN(C(=O)c1cccnc1Cl)CC2. The van der Waals surface area contributed by atoms with E-state index in [1.807, 2.05) is 6.92 Å². The molecule has 6 heteroatoms. The second-order valence-corrected chi connectivity index (χ2v) is 6.42. The molecule has 120 valence electrons. The van der Waals surface area contributed by atoms with Crippen molar-refractivity contribution in [3.63, 3.8) is 0 Å². The number of rotatable bonds is 3. The summed E-state index contributed by atoms with van der Waals surface area (Å²) in [5, 5.41) is 10.4. The molecular formula is C16H21ClN2O3. The van der Waals surface area contributed by atoms with E-state index in [1.165, 1.54) is 0 Å². The summed E-state index contributed by atoms with van der Waals surface area (Å²) in [6, 6.07) is 3.41. The fourth-order valence-corrected chi connectivity index (χ4v) is 3.86. The number of aromatic nitrogens is 1. The third-order valence-electron chi connectivity index (χ3n) is 5.08. The molecule has 1 amide bonds. The van der Waals surface area contributed by atoms with Crippen LogP contribution in [0.15, 0.2) is 18.3 Å². The Morgan fingerprint density at radius 1 is 1.55 bits per heavy atom. The molecule has 0 radical (unpaired) electrons. The summed E-state index contributed by atoms with van der Waals surface area (Å²) < 4.78 is 5.75. The molecule has 1 saturated carbocycles. The predicted octanol–water partition coefficient (Wildman–Crippen LogP) is 2.13. The van der Waals surface area contributed by atoms with Crippen molar-refractivity contribution in [1.82, 2.24) is 9.88 Å². The van der Waals surface area contributed by atoms with Crippen molar-refractivity contribution in [2.75, 3.05) is 19.7 Å². The van der Waals surface area contributed by atoms with Gasteiger partial charge in [0, 0.05) is 37.7 Å². The largest absolute Gasteiger partial charge is 0.392 e. The van der Waals surface area contributed by atoms with Gasteiger partial charge < -0.3 is 14.7 Å². The van der Waals surface area contributed by atoms with Crippen LogP contribution in [0.25, 0.3) is 0 Å². The normalized spacial score (nSPS) is 26.8. The molecule has 22 heavy (non-hydrogen) atoms. The molecule has 2 atom stereocenters. The highest BCUT2D eigenvalue weighted by Gasteiger charge is 2.56. The number of carbonyl (C=O) groups is 1. The number of halogens is 1. The fraction of sp³-hybridized carbons (Fsp3) is 0.625. The zero-order chi connectivity index (χ0) is 15.7. The highest BCUT2D eigenvalue weighted by atomic mass is 35.5. The maximum atomic E-state index is 12.5. The highest BCUT2D eigenvalue weighted by Crippen LogP contribution is 2.51. The number of pyridine rings is 1. The first-order chi connectivity index (χ1) is 10.6. The Hall–Kier alpha value is -1.17. The smallest absolute Gasteiger partial charge is 0.256 e. The van der Waals surface area contributed by atoms with E-state index in [0.29, 0.717) is 31.7 Å². The van der Waals surface area contributed by atoms with Gasteiger partial charge in [-0.1, -0.05) is 11.6 Å². The number of likely N-dealkylation sites (tertiary alicyclic amines) is 1. The van der Waals surface area contributed by atoms with E-state index in [9.17, 15) is 9.90 Å². The molecular weight excluding hydrogens is 304 g/mol. The van der Waals surface area contributed by atoms with Gasteiger partial charge in [0.15, 0.2) is 0 Å². The van der Waals surface area contributed by atoms with E-state index in [4.69, 9.17) is 16.3 Å². The molecule has 0 bridgehead atoms. The Morgan fingerprint density at radius 3 is 2.86 bits per heavy atom. The predicted molar refractivity (Wildman–Crippen MR) is 82.9 cm³/mol. The number of piperidine rings is 1. The van der Waals surface area contributed by atoms with Crippen LogP contribution < -0.4 is 0 Å². The lowest BCUT2D eigenvalue weighted by Crippen LogP contribution is -2.62. The highest BCUT2D eigenvalue weighted by molar-refractivity contribution is 6.32. The Kier molecular flexibility index (Phi) is 4.39. The molecule has 5 nitrogen and oxygen atoms in total. The van der Waals surface area contributed by atoms with Crippen molar-refractivity contribution >= 4 is 17.5 Å². The monoisotopic (exact) mass is 324 g/mol. The molecule has 1 saturated heterocycles. The average molecular weight is 325 g/mol. The average Bonchev–Trinajstić information content (AvgIpc) is 2.55.